The molecule has 0 heterocycles. The van der Waals surface area contributed by atoms with Crippen LogP contribution in [0, 0.1) is 0 Å². The second-order valence-electron chi connectivity index (χ2n) is 7.23. The largest absolute Gasteiger partial charge is 0.324 e. The summed E-state index contributed by atoms with van der Waals surface area (Å²) in [7, 11) is 0. The van der Waals surface area contributed by atoms with E-state index in [1.807, 2.05) is 78.9 Å². The van der Waals surface area contributed by atoms with Crippen molar-refractivity contribution in [1.82, 2.24) is 0 Å². The Kier molecular flexibility index (Phi) is 6.68. The number of halogens is 2. The minimum atomic E-state index is -1.13. The van der Waals surface area contributed by atoms with Gasteiger partial charge >= 0.3 is 0 Å². The van der Waals surface area contributed by atoms with Gasteiger partial charge in [0.2, 0.25) is 5.91 Å². The van der Waals surface area contributed by atoms with Crippen LogP contribution in [0.3, 0.4) is 0 Å². The van der Waals surface area contributed by atoms with E-state index in [2.05, 4.69) is 37.2 Å². The van der Waals surface area contributed by atoms with Crippen LogP contribution < -0.4 is 5.32 Å². The minimum absolute atomic E-state index is 0.165. The second-order valence-corrected chi connectivity index (χ2v) is 9.33. The SMILES string of the molecule is O=C(c1ccccc1)c1cc(Br)ccc1NC(=O)C(Br)(c1ccccc1)c1ccccc1. The summed E-state index contributed by atoms with van der Waals surface area (Å²) in [6.07, 6.45) is 0. The first-order chi connectivity index (χ1) is 15.5. The maximum absolute atomic E-state index is 13.8. The molecule has 1 N–H and O–H groups in total. The van der Waals surface area contributed by atoms with E-state index in [9.17, 15) is 9.59 Å². The first-order valence-electron chi connectivity index (χ1n) is 10.0. The highest BCUT2D eigenvalue weighted by Crippen LogP contribution is 2.40. The zero-order chi connectivity index (χ0) is 22.6. The molecule has 0 aliphatic carbocycles. The molecule has 1 amide bonds. The first-order valence-corrected chi connectivity index (χ1v) is 11.6. The molecule has 0 aromatic heterocycles. The normalized spacial score (nSPS) is 11.1. The van der Waals surface area contributed by atoms with Crippen molar-refractivity contribution in [2.24, 2.45) is 0 Å². The average molecular weight is 549 g/mol. The molecule has 0 unspecified atom stereocenters. The van der Waals surface area contributed by atoms with Crippen LogP contribution in [0.25, 0.3) is 0 Å². The van der Waals surface area contributed by atoms with Crippen molar-refractivity contribution in [1.29, 1.82) is 0 Å². The number of benzene rings is 4. The van der Waals surface area contributed by atoms with Crippen LogP contribution in [0.2, 0.25) is 0 Å². The van der Waals surface area contributed by atoms with E-state index in [0.717, 1.165) is 15.6 Å². The molecular weight excluding hydrogens is 530 g/mol. The van der Waals surface area contributed by atoms with Crippen LogP contribution in [0.1, 0.15) is 27.0 Å². The molecular formula is C27H19Br2NO2. The molecule has 0 aliphatic heterocycles. The Balaban J connectivity index is 1.76. The summed E-state index contributed by atoms with van der Waals surface area (Å²) < 4.78 is -0.374. The predicted molar refractivity (Wildman–Crippen MR) is 135 cm³/mol. The quantitative estimate of drug-likeness (QED) is 0.209. The Labute approximate surface area is 203 Å². The Morgan fingerprint density at radius 1 is 0.688 bits per heavy atom. The van der Waals surface area contributed by atoms with Crippen molar-refractivity contribution in [2.45, 2.75) is 4.32 Å². The molecule has 5 heteroatoms. The van der Waals surface area contributed by atoms with Crippen LogP contribution in [-0.4, -0.2) is 11.7 Å². The van der Waals surface area contributed by atoms with Crippen LogP contribution in [0.15, 0.2) is 114 Å². The summed E-state index contributed by atoms with van der Waals surface area (Å²) in [6, 6.07) is 33.3. The molecule has 4 aromatic rings. The minimum Gasteiger partial charge on any atom is -0.324 e. The summed E-state index contributed by atoms with van der Waals surface area (Å²) in [5.41, 5.74) is 2.99. The fraction of sp³-hybridized carbons (Fsp3) is 0.0370. The summed E-state index contributed by atoms with van der Waals surface area (Å²) in [6.45, 7) is 0. The number of hydrogen-bond donors (Lipinski definition) is 1. The summed E-state index contributed by atoms with van der Waals surface area (Å²) in [4.78, 5) is 27.0. The predicted octanol–water partition coefficient (Wildman–Crippen LogP) is 6.96. The van der Waals surface area contributed by atoms with Gasteiger partial charge in [-0.25, -0.2) is 0 Å². The summed E-state index contributed by atoms with van der Waals surface area (Å²) in [5, 5.41) is 3.00. The van der Waals surface area contributed by atoms with Gasteiger partial charge in [0.1, 0.15) is 0 Å². The van der Waals surface area contributed by atoms with Gasteiger partial charge < -0.3 is 5.32 Å². The fourth-order valence-corrected chi connectivity index (χ4v) is 4.52. The molecule has 32 heavy (non-hydrogen) atoms. The monoisotopic (exact) mass is 547 g/mol. The Morgan fingerprint density at radius 2 is 1.19 bits per heavy atom. The van der Waals surface area contributed by atoms with Crippen LogP contribution >= 0.6 is 31.9 Å². The van der Waals surface area contributed by atoms with Crippen molar-refractivity contribution in [3.8, 4) is 0 Å². The van der Waals surface area contributed by atoms with Crippen molar-refractivity contribution in [3.63, 3.8) is 0 Å². The van der Waals surface area contributed by atoms with E-state index < -0.39 is 4.32 Å². The van der Waals surface area contributed by atoms with E-state index in [-0.39, 0.29) is 11.7 Å². The molecule has 3 nitrogen and oxygen atoms in total. The van der Waals surface area contributed by atoms with Gasteiger partial charge in [-0.05, 0) is 29.3 Å². The van der Waals surface area contributed by atoms with E-state index in [0.29, 0.717) is 16.8 Å². The molecule has 0 saturated carbocycles. The van der Waals surface area contributed by atoms with Crippen molar-refractivity contribution < 1.29 is 9.59 Å². The standard InChI is InChI=1S/C27H19Br2NO2/c28-22-16-17-24(23(18-22)25(31)19-10-4-1-5-11-19)30-26(32)27(29,20-12-6-2-7-13-20)21-14-8-3-9-15-21/h1-18H,(H,30,32). The molecule has 0 bridgehead atoms. The van der Waals surface area contributed by atoms with Gasteiger partial charge in [-0.15, -0.1) is 0 Å². The zero-order valence-corrected chi connectivity index (χ0v) is 20.1. The highest BCUT2D eigenvalue weighted by atomic mass is 79.9. The van der Waals surface area contributed by atoms with Crippen LogP contribution in [0.4, 0.5) is 5.69 Å². The molecule has 0 aliphatic rings. The van der Waals surface area contributed by atoms with Gasteiger partial charge in [-0.2, -0.15) is 0 Å². The van der Waals surface area contributed by atoms with Gasteiger partial charge in [-0.3, -0.25) is 9.59 Å². The van der Waals surface area contributed by atoms with Crippen LogP contribution in [-0.2, 0) is 9.12 Å². The van der Waals surface area contributed by atoms with Gasteiger partial charge in [-0.1, -0.05) is 123 Å². The van der Waals surface area contributed by atoms with E-state index in [4.69, 9.17) is 0 Å². The van der Waals surface area contributed by atoms with Gasteiger partial charge in [0.05, 0.1) is 5.69 Å². The fourth-order valence-electron chi connectivity index (χ4n) is 3.53. The zero-order valence-electron chi connectivity index (χ0n) is 17.0. The summed E-state index contributed by atoms with van der Waals surface area (Å²) >= 11 is 7.18. The van der Waals surface area contributed by atoms with Gasteiger partial charge in [0.25, 0.3) is 0 Å². The third kappa shape index (κ3) is 4.45. The van der Waals surface area contributed by atoms with E-state index in [1.165, 1.54) is 0 Å². The number of rotatable bonds is 6. The number of ketones is 1. The molecule has 0 atom stereocenters. The third-order valence-corrected chi connectivity index (χ3v) is 6.94. The number of carbonyl (C=O) groups is 2. The number of alkyl halides is 1. The molecule has 0 saturated heterocycles. The third-order valence-electron chi connectivity index (χ3n) is 5.17. The molecule has 0 spiro atoms. The van der Waals surface area contributed by atoms with Crippen molar-refractivity contribution >= 4 is 49.2 Å². The smallest absolute Gasteiger partial charge is 0.250 e. The summed E-state index contributed by atoms with van der Waals surface area (Å²) in [5.74, 6) is -0.457. The Bertz CT molecular complexity index is 1200. The average Bonchev–Trinajstić information content (AvgIpc) is 2.85. The second kappa shape index (κ2) is 9.63. The van der Waals surface area contributed by atoms with Crippen molar-refractivity contribution in [3.05, 3.63) is 136 Å². The number of amides is 1. The number of carbonyl (C=O) groups excluding carboxylic acids is 2. The van der Waals surface area contributed by atoms with Crippen molar-refractivity contribution in [2.75, 3.05) is 5.32 Å². The van der Waals surface area contributed by atoms with Gasteiger partial charge in [0, 0.05) is 15.6 Å². The number of anilines is 1. The van der Waals surface area contributed by atoms with E-state index in [1.54, 1.807) is 30.3 Å². The topological polar surface area (TPSA) is 46.2 Å². The molecule has 4 rings (SSSR count). The molecule has 0 fully saturated rings. The van der Waals surface area contributed by atoms with Gasteiger partial charge in [0.15, 0.2) is 10.1 Å². The lowest BCUT2D eigenvalue weighted by atomic mass is 9.90. The maximum Gasteiger partial charge on any atom is 0.250 e. The number of nitrogens with one attached hydrogen (secondary N) is 1. The van der Waals surface area contributed by atoms with Crippen LogP contribution in [0.5, 0.6) is 0 Å². The first kappa shape index (κ1) is 22.2. The number of hydrogen-bond acceptors (Lipinski definition) is 2. The maximum atomic E-state index is 13.8. The lowest BCUT2D eigenvalue weighted by Crippen LogP contribution is -2.36. The molecule has 4 aromatic carbocycles. The Hall–Kier alpha value is -3.02. The highest BCUT2D eigenvalue weighted by Gasteiger charge is 2.39. The lowest BCUT2D eigenvalue weighted by Gasteiger charge is -2.28. The highest BCUT2D eigenvalue weighted by molar-refractivity contribution is 9.10. The lowest BCUT2D eigenvalue weighted by molar-refractivity contribution is -0.117. The molecule has 0 radical (unpaired) electrons. The van der Waals surface area contributed by atoms with E-state index >= 15 is 0 Å². The molecule has 158 valence electrons. The Morgan fingerprint density at radius 3 is 1.72 bits per heavy atom.